The van der Waals surface area contributed by atoms with Gasteiger partial charge >= 0.3 is 0 Å². The van der Waals surface area contributed by atoms with Gasteiger partial charge in [0.05, 0.1) is 11.6 Å². The molecule has 0 spiro atoms. The second-order valence-corrected chi connectivity index (χ2v) is 7.29. The molecule has 0 aliphatic carbocycles. The van der Waals surface area contributed by atoms with E-state index in [1.807, 2.05) is 6.07 Å². The fourth-order valence-electron chi connectivity index (χ4n) is 2.41. The molecule has 0 bridgehead atoms. The summed E-state index contributed by atoms with van der Waals surface area (Å²) in [5.74, 6) is -1.52. The molecule has 1 N–H and O–H groups in total. The van der Waals surface area contributed by atoms with Crippen molar-refractivity contribution >= 4 is 21.6 Å². The Morgan fingerprint density at radius 1 is 1.19 bits per heavy atom. The highest BCUT2D eigenvalue weighted by Gasteiger charge is 2.26. The molecule has 0 radical (unpaired) electrons. The first-order valence-corrected chi connectivity index (χ1v) is 9.38. The fourth-order valence-corrected chi connectivity index (χ4v) is 3.96. The summed E-state index contributed by atoms with van der Waals surface area (Å²) in [4.78, 5) is 11.8. The first-order chi connectivity index (χ1) is 12.3. The second-order valence-electron chi connectivity index (χ2n) is 5.38. The van der Waals surface area contributed by atoms with Gasteiger partial charge in [-0.15, -0.1) is 0 Å². The summed E-state index contributed by atoms with van der Waals surface area (Å²) in [6.07, 6.45) is 0. The van der Waals surface area contributed by atoms with E-state index in [0.29, 0.717) is 11.3 Å². The predicted octanol–water partition coefficient (Wildman–Crippen LogP) is 2.98. The Morgan fingerprint density at radius 2 is 1.88 bits per heavy atom. The average molecular weight is 375 g/mol. The summed E-state index contributed by atoms with van der Waals surface area (Å²) in [5, 5.41) is 11.5. The van der Waals surface area contributed by atoms with Gasteiger partial charge in [0.1, 0.15) is 10.7 Å². The van der Waals surface area contributed by atoms with E-state index >= 15 is 0 Å². The van der Waals surface area contributed by atoms with Crippen molar-refractivity contribution in [2.24, 2.45) is 0 Å². The topological polar surface area (TPSA) is 90.3 Å². The molecule has 0 aliphatic heterocycles. The standard InChI is InChI=1S/C18H18FN3O3S/c1-3-22(4-2)26(24,25)17-11-14(8-9-16(17)19)18(23)21-15-7-5-6-13(10-15)12-20/h5-11H,3-4H2,1-2H3,(H,21,23). The quantitative estimate of drug-likeness (QED) is 0.840. The van der Waals surface area contributed by atoms with Crippen LogP contribution in [0.25, 0.3) is 0 Å². The Bertz CT molecular complexity index is 964. The number of carbonyl (C=O) groups is 1. The minimum atomic E-state index is -4.04. The van der Waals surface area contributed by atoms with E-state index in [-0.39, 0.29) is 18.7 Å². The van der Waals surface area contributed by atoms with Crippen molar-refractivity contribution in [2.45, 2.75) is 18.7 Å². The van der Waals surface area contributed by atoms with E-state index in [0.717, 1.165) is 16.4 Å². The molecule has 2 rings (SSSR count). The molecule has 8 heteroatoms. The molecule has 0 aromatic heterocycles. The number of anilines is 1. The van der Waals surface area contributed by atoms with Gasteiger partial charge in [-0.2, -0.15) is 9.57 Å². The van der Waals surface area contributed by atoms with Crippen molar-refractivity contribution < 1.29 is 17.6 Å². The van der Waals surface area contributed by atoms with Gasteiger partial charge in [0.25, 0.3) is 5.91 Å². The molecular formula is C18H18FN3O3S. The van der Waals surface area contributed by atoms with Crippen LogP contribution in [0.3, 0.4) is 0 Å². The molecule has 1 amide bonds. The molecule has 0 aliphatic rings. The van der Waals surface area contributed by atoms with Gasteiger partial charge < -0.3 is 5.32 Å². The lowest BCUT2D eigenvalue weighted by Gasteiger charge is -2.19. The van der Waals surface area contributed by atoms with E-state index in [9.17, 15) is 17.6 Å². The van der Waals surface area contributed by atoms with Crippen LogP contribution in [-0.2, 0) is 10.0 Å². The average Bonchev–Trinajstić information content (AvgIpc) is 2.62. The molecule has 0 heterocycles. The van der Waals surface area contributed by atoms with Crippen molar-refractivity contribution in [3.05, 3.63) is 59.4 Å². The summed E-state index contributed by atoms with van der Waals surface area (Å²) < 4.78 is 40.3. The summed E-state index contributed by atoms with van der Waals surface area (Å²) in [6, 6.07) is 11.4. The molecular weight excluding hydrogens is 357 g/mol. The third-order valence-electron chi connectivity index (χ3n) is 3.77. The number of nitriles is 1. The summed E-state index contributed by atoms with van der Waals surface area (Å²) in [7, 11) is -4.04. The largest absolute Gasteiger partial charge is 0.322 e. The minimum absolute atomic E-state index is 0.000471. The first kappa shape index (κ1) is 19.6. The van der Waals surface area contributed by atoms with Crippen LogP contribution >= 0.6 is 0 Å². The van der Waals surface area contributed by atoms with E-state index in [2.05, 4.69) is 5.32 Å². The number of benzene rings is 2. The lowest BCUT2D eigenvalue weighted by atomic mass is 10.2. The van der Waals surface area contributed by atoms with Gasteiger partial charge in [-0.25, -0.2) is 12.8 Å². The predicted molar refractivity (Wildman–Crippen MR) is 95.6 cm³/mol. The van der Waals surface area contributed by atoms with Crippen LogP contribution in [0.4, 0.5) is 10.1 Å². The molecule has 0 atom stereocenters. The van der Waals surface area contributed by atoms with Crippen LogP contribution in [0.15, 0.2) is 47.4 Å². The van der Waals surface area contributed by atoms with Crippen LogP contribution < -0.4 is 5.32 Å². The third-order valence-corrected chi connectivity index (χ3v) is 5.83. The van der Waals surface area contributed by atoms with Crippen LogP contribution in [0.1, 0.15) is 29.8 Å². The van der Waals surface area contributed by atoms with E-state index in [1.165, 1.54) is 12.1 Å². The van der Waals surface area contributed by atoms with Crippen molar-refractivity contribution in [1.82, 2.24) is 4.31 Å². The highest BCUT2D eigenvalue weighted by molar-refractivity contribution is 7.89. The van der Waals surface area contributed by atoms with Crippen molar-refractivity contribution in [3.63, 3.8) is 0 Å². The van der Waals surface area contributed by atoms with Gasteiger partial charge in [-0.05, 0) is 36.4 Å². The second kappa shape index (κ2) is 8.08. The van der Waals surface area contributed by atoms with Gasteiger partial charge in [0.2, 0.25) is 10.0 Å². The zero-order valence-electron chi connectivity index (χ0n) is 14.4. The number of halogens is 1. The summed E-state index contributed by atoms with van der Waals surface area (Å²) in [6.45, 7) is 3.68. The maximum Gasteiger partial charge on any atom is 0.255 e. The van der Waals surface area contributed by atoms with Gasteiger partial charge in [0.15, 0.2) is 0 Å². The number of nitrogens with one attached hydrogen (secondary N) is 1. The number of carbonyl (C=O) groups excluding carboxylic acids is 1. The Kier molecular flexibility index (Phi) is 6.08. The lowest BCUT2D eigenvalue weighted by Crippen LogP contribution is -2.31. The van der Waals surface area contributed by atoms with Crippen molar-refractivity contribution in [3.8, 4) is 6.07 Å². The van der Waals surface area contributed by atoms with Crippen LogP contribution in [-0.4, -0.2) is 31.7 Å². The SMILES string of the molecule is CCN(CC)S(=O)(=O)c1cc(C(=O)Nc2cccc(C#N)c2)ccc1F. The number of nitrogens with zero attached hydrogens (tertiary/aromatic N) is 2. The van der Waals surface area contributed by atoms with Crippen LogP contribution in [0.2, 0.25) is 0 Å². The molecule has 2 aromatic rings. The molecule has 0 fully saturated rings. The number of rotatable bonds is 6. The minimum Gasteiger partial charge on any atom is -0.322 e. The molecule has 0 saturated heterocycles. The van der Waals surface area contributed by atoms with E-state index < -0.39 is 26.6 Å². The highest BCUT2D eigenvalue weighted by atomic mass is 32.2. The molecule has 26 heavy (non-hydrogen) atoms. The molecule has 6 nitrogen and oxygen atoms in total. The Morgan fingerprint density at radius 3 is 2.50 bits per heavy atom. The zero-order chi connectivity index (χ0) is 19.3. The monoisotopic (exact) mass is 375 g/mol. The maximum atomic E-state index is 14.1. The molecule has 2 aromatic carbocycles. The Hall–Kier alpha value is -2.76. The van der Waals surface area contributed by atoms with Crippen LogP contribution in [0, 0.1) is 17.1 Å². The number of hydrogen-bond acceptors (Lipinski definition) is 4. The van der Waals surface area contributed by atoms with Gasteiger partial charge in [-0.3, -0.25) is 4.79 Å². The van der Waals surface area contributed by atoms with Crippen LogP contribution in [0.5, 0.6) is 0 Å². The smallest absolute Gasteiger partial charge is 0.255 e. The molecule has 0 saturated carbocycles. The number of amides is 1. The van der Waals surface area contributed by atoms with Crippen molar-refractivity contribution in [2.75, 3.05) is 18.4 Å². The number of hydrogen-bond donors (Lipinski definition) is 1. The maximum absolute atomic E-state index is 14.1. The van der Waals surface area contributed by atoms with Gasteiger partial charge in [0, 0.05) is 24.3 Å². The molecule has 136 valence electrons. The molecule has 0 unspecified atom stereocenters. The Labute approximate surface area is 151 Å². The number of sulfonamides is 1. The zero-order valence-corrected chi connectivity index (χ0v) is 15.2. The Balaban J connectivity index is 2.37. The fraction of sp³-hybridized carbons (Fsp3) is 0.222. The third kappa shape index (κ3) is 4.07. The van der Waals surface area contributed by atoms with Gasteiger partial charge in [-0.1, -0.05) is 19.9 Å². The van der Waals surface area contributed by atoms with E-state index in [4.69, 9.17) is 5.26 Å². The first-order valence-electron chi connectivity index (χ1n) is 7.94. The van der Waals surface area contributed by atoms with Crippen molar-refractivity contribution in [1.29, 1.82) is 5.26 Å². The highest BCUT2D eigenvalue weighted by Crippen LogP contribution is 2.21. The van der Waals surface area contributed by atoms with E-state index in [1.54, 1.807) is 32.0 Å². The lowest BCUT2D eigenvalue weighted by molar-refractivity contribution is 0.102. The normalized spacial score (nSPS) is 11.2. The summed E-state index contributed by atoms with van der Waals surface area (Å²) in [5.41, 5.74) is 0.748. The summed E-state index contributed by atoms with van der Waals surface area (Å²) >= 11 is 0.